The molecule has 3 heterocycles. The molecule has 5 rings (SSSR count). The van der Waals surface area contributed by atoms with E-state index in [1.165, 1.54) is 18.3 Å². The van der Waals surface area contributed by atoms with Crippen molar-refractivity contribution >= 4 is 16.8 Å². The normalized spacial score (nSPS) is 15.7. The Balaban J connectivity index is 1.56. The lowest BCUT2D eigenvalue weighted by Crippen LogP contribution is -2.24. The molecule has 2 aromatic carbocycles. The molecule has 0 fully saturated rings. The molecule has 0 N–H and O–H groups in total. The van der Waals surface area contributed by atoms with E-state index in [0.29, 0.717) is 12.2 Å². The molecule has 168 valence electrons. The lowest BCUT2D eigenvalue weighted by Gasteiger charge is -2.20. The van der Waals surface area contributed by atoms with Crippen LogP contribution in [0.1, 0.15) is 38.2 Å². The van der Waals surface area contributed by atoms with E-state index >= 15 is 4.39 Å². The standard InChI is InChI=1S/C26H25FN4O2/c1-16(2)15-33-25-11-18(17-6-7-23-19(9-17)12-30(3)29-23)10-22(27)21(25)13-31-14-24-20(26(31)32)5-4-8-28-24/h4-12,16H,13-15H2,1-3H3/i14D2. The number of benzene rings is 2. The number of fused-ring (bicyclic) bond motifs is 2. The maximum absolute atomic E-state index is 15.6. The van der Waals surface area contributed by atoms with Crippen LogP contribution in [-0.4, -0.2) is 32.2 Å². The summed E-state index contributed by atoms with van der Waals surface area (Å²) >= 11 is 0. The van der Waals surface area contributed by atoms with Gasteiger partial charge in [0.05, 0.1) is 39.2 Å². The van der Waals surface area contributed by atoms with E-state index in [2.05, 4.69) is 10.1 Å². The summed E-state index contributed by atoms with van der Waals surface area (Å²) in [6, 6.07) is 12.0. The minimum Gasteiger partial charge on any atom is -0.493 e. The van der Waals surface area contributed by atoms with Gasteiger partial charge in [-0.25, -0.2) is 4.39 Å². The van der Waals surface area contributed by atoms with Crippen LogP contribution in [0.5, 0.6) is 5.75 Å². The Hall–Kier alpha value is -3.74. The van der Waals surface area contributed by atoms with Crippen LogP contribution in [0.3, 0.4) is 0 Å². The first-order valence-electron chi connectivity index (χ1n) is 11.8. The predicted molar refractivity (Wildman–Crippen MR) is 124 cm³/mol. The second-order valence-corrected chi connectivity index (χ2v) is 8.62. The number of halogens is 1. The molecule has 1 aliphatic heterocycles. The van der Waals surface area contributed by atoms with Crippen LogP contribution in [0, 0.1) is 11.7 Å². The van der Waals surface area contributed by atoms with Crippen molar-refractivity contribution in [1.82, 2.24) is 19.7 Å². The average molecular weight is 447 g/mol. The van der Waals surface area contributed by atoms with Crippen LogP contribution in [0.15, 0.2) is 54.9 Å². The zero-order valence-electron chi connectivity index (χ0n) is 20.7. The molecule has 1 aliphatic rings. The fraction of sp³-hybridized carbons (Fsp3) is 0.269. The molecule has 7 heteroatoms. The van der Waals surface area contributed by atoms with Crippen molar-refractivity contribution in [2.45, 2.75) is 26.9 Å². The van der Waals surface area contributed by atoms with Crippen molar-refractivity contribution in [1.29, 1.82) is 0 Å². The first kappa shape index (κ1) is 18.8. The number of pyridine rings is 1. The molecule has 0 atom stereocenters. The van der Waals surface area contributed by atoms with Crippen LogP contribution < -0.4 is 4.74 Å². The van der Waals surface area contributed by atoms with Gasteiger partial charge in [-0.2, -0.15) is 5.10 Å². The lowest BCUT2D eigenvalue weighted by molar-refractivity contribution is 0.0763. The second kappa shape index (κ2) is 8.31. The summed E-state index contributed by atoms with van der Waals surface area (Å²) < 4.78 is 40.4. The maximum Gasteiger partial charge on any atom is 0.256 e. The Bertz CT molecular complexity index is 1450. The van der Waals surface area contributed by atoms with Gasteiger partial charge >= 0.3 is 0 Å². The van der Waals surface area contributed by atoms with Gasteiger partial charge < -0.3 is 9.64 Å². The lowest BCUT2D eigenvalue weighted by atomic mass is 10.0. The van der Waals surface area contributed by atoms with Gasteiger partial charge in [-0.3, -0.25) is 14.5 Å². The molecule has 0 spiro atoms. The van der Waals surface area contributed by atoms with E-state index in [-0.39, 0.29) is 35.0 Å². The molecule has 6 nitrogen and oxygen atoms in total. The SMILES string of the molecule is [2H]C1([2H])c2ncccc2C(=O)N1Cc1c(F)cc(-c2ccc3nn(C)cc3c2)cc1OCC(C)C. The number of hydrogen-bond acceptors (Lipinski definition) is 4. The van der Waals surface area contributed by atoms with Crippen molar-refractivity contribution in [3.8, 4) is 16.9 Å². The summed E-state index contributed by atoms with van der Waals surface area (Å²) in [5.41, 5.74) is 2.61. The van der Waals surface area contributed by atoms with Crippen LogP contribution in [0.25, 0.3) is 22.0 Å². The molecule has 0 aliphatic carbocycles. The second-order valence-electron chi connectivity index (χ2n) is 8.62. The third kappa shape index (κ3) is 4.06. The summed E-state index contributed by atoms with van der Waals surface area (Å²) in [4.78, 5) is 18.1. The van der Waals surface area contributed by atoms with Crippen molar-refractivity contribution in [3.63, 3.8) is 0 Å². The smallest absolute Gasteiger partial charge is 0.256 e. The number of rotatable bonds is 6. The Morgan fingerprint density at radius 2 is 2.06 bits per heavy atom. The summed E-state index contributed by atoms with van der Waals surface area (Å²) in [5, 5.41) is 5.31. The number of hydrogen-bond donors (Lipinski definition) is 0. The van der Waals surface area contributed by atoms with Crippen LogP contribution in [0.2, 0.25) is 0 Å². The maximum atomic E-state index is 15.6. The quantitative estimate of drug-likeness (QED) is 0.420. The van der Waals surface area contributed by atoms with E-state index in [4.69, 9.17) is 7.48 Å². The van der Waals surface area contributed by atoms with Crippen molar-refractivity contribution in [3.05, 3.63) is 77.5 Å². The van der Waals surface area contributed by atoms with E-state index < -0.39 is 18.2 Å². The van der Waals surface area contributed by atoms with Crippen LogP contribution in [0.4, 0.5) is 4.39 Å². The summed E-state index contributed by atoms with van der Waals surface area (Å²) in [5.74, 6) is -0.624. The van der Waals surface area contributed by atoms with E-state index in [1.807, 2.05) is 45.3 Å². The van der Waals surface area contributed by atoms with Gasteiger partial charge in [0.25, 0.3) is 5.91 Å². The minimum absolute atomic E-state index is 0.0384. The third-order valence-electron chi connectivity index (χ3n) is 5.52. The number of aromatic nitrogens is 3. The van der Waals surface area contributed by atoms with Gasteiger partial charge in [0.15, 0.2) is 0 Å². The first-order valence-corrected chi connectivity index (χ1v) is 10.8. The third-order valence-corrected chi connectivity index (χ3v) is 5.52. The molecule has 0 bridgehead atoms. The molecule has 2 aromatic heterocycles. The van der Waals surface area contributed by atoms with Gasteiger partial charge in [0.1, 0.15) is 11.6 Å². The molecule has 1 amide bonds. The summed E-state index contributed by atoms with van der Waals surface area (Å²) in [6.07, 6.45) is 3.34. The Morgan fingerprint density at radius 1 is 1.21 bits per heavy atom. The fourth-order valence-electron chi connectivity index (χ4n) is 3.91. The number of aryl methyl sites for hydroxylation is 1. The van der Waals surface area contributed by atoms with Gasteiger partial charge in [-0.1, -0.05) is 19.9 Å². The molecule has 0 unspecified atom stereocenters. The first-order chi connectivity index (χ1) is 16.6. The van der Waals surface area contributed by atoms with Gasteiger partial charge in [-0.15, -0.1) is 0 Å². The molecular weight excluding hydrogens is 419 g/mol. The average Bonchev–Trinajstić information content (AvgIpc) is 3.28. The minimum atomic E-state index is -2.17. The van der Waals surface area contributed by atoms with Crippen LogP contribution in [-0.2, 0) is 20.1 Å². The van der Waals surface area contributed by atoms with Crippen molar-refractivity contribution in [2.75, 3.05) is 6.61 Å². The number of nitrogens with zero attached hydrogens (tertiary/aromatic N) is 4. The van der Waals surface area contributed by atoms with E-state index in [9.17, 15) is 4.79 Å². The van der Waals surface area contributed by atoms with Crippen molar-refractivity contribution < 1.29 is 16.7 Å². The Kier molecular flexibility index (Phi) is 4.73. The molecule has 0 saturated heterocycles. The monoisotopic (exact) mass is 446 g/mol. The fourth-order valence-corrected chi connectivity index (χ4v) is 3.91. The van der Waals surface area contributed by atoms with E-state index in [1.54, 1.807) is 16.8 Å². The largest absolute Gasteiger partial charge is 0.493 e. The molecule has 33 heavy (non-hydrogen) atoms. The highest BCUT2D eigenvalue weighted by Crippen LogP contribution is 2.34. The zero-order valence-corrected chi connectivity index (χ0v) is 18.7. The molecule has 4 aromatic rings. The number of amides is 1. The number of carbonyl (C=O) groups excluding carboxylic acids is 1. The highest BCUT2D eigenvalue weighted by Gasteiger charge is 2.30. The highest BCUT2D eigenvalue weighted by atomic mass is 19.1. The molecule has 0 saturated carbocycles. The van der Waals surface area contributed by atoms with Gasteiger partial charge in [0, 0.05) is 30.4 Å². The summed E-state index contributed by atoms with van der Waals surface area (Å²) in [6.45, 7) is 1.87. The number of ether oxygens (including phenoxy) is 1. The number of carbonyl (C=O) groups is 1. The van der Waals surface area contributed by atoms with E-state index in [0.717, 1.165) is 21.4 Å². The highest BCUT2D eigenvalue weighted by molar-refractivity contribution is 5.97. The predicted octanol–water partition coefficient (Wildman–Crippen LogP) is 4.97. The van der Waals surface area contributed by atoms with Gasteiger partial charge in [-0.05, 0) is 53.4 Å². The summed E-state index contributed by atoms with van der Waals surface area (Å²) in [7, 11) is 1.85. The Morgan fingerprint density at radius 3 is 2.85 bits per heavy atom. The molecule has 0 radical (unpaired) electrons. The van der Waals surface area contributed by atoms with Crippen LogP contribution >= 0.6 is 0 Å². The zero-order chi connectivity index (χ0) is 24.9. The topological polar surface area (TPSA) is 60.2 Å². The van der Waals surface area contributed by atoms with Crippen molar-refractivity contribution in [2.24, 2.45) is 13.0 Å². The Labute approximate surface area is 194 Å². The molecular formula is C26H25FN4O2. The van der Waals surface area contributed by atoms with Gasteiger partial charge in [0.2, 0.25) is 0 Å².